The van der Waals surface area contributed by atoms with Crippen LogP contribution in [0, 0.1) is 0 Å². The maximum absolute atomic E-state index is 13.4. The zero-order valence-electron chi connectivity index (χ0n) is 21.3. The Morgan fingerprint density at radius 3 is 2.53 bits per heavy atom. The number of nitrogens with two attached hydrogens (primary N) is 1. The maximum atomic E-state index is 13.4. The number of carbonyl (C=O) groups is 1. The van der Waals surface area contributed by atoms with Crippen molar-refractivity contribution in [2.75, 3.05) is 18.8 Å². The number of aromatic nitrogens is 3. The van der Waals surface area contributed by atoms with E-state index in [1.807, 2.05) is 31.6 Å². The van der Waals surface area contributed by atoms with Crippen LogP contribution in [0.1, 0.15) is 50.8 Å². The molecule has 204 valence electrons. The van der Waals surface area contributed by atoms with Crippen molar-refractivity contribution < 1.29 is 22.7 Å². The Bertz CT molecular complexity index is 1300. The van der Waals surface area contributed by atoms with Gasteiger partial charge in [-0.3, -0.25) is 4.68 Å². The smallest absolute Gasteiger partial charge is 0.416 e. The highest BCUT2D eigenvalue weighted by atomic mass is 35.5. The lowest BCUT2D eigenvalue weighted by Gasteiger charge is -2.33. The van der Waals surface area contributed by atoms with Gasteiger partial charge in [0, 0.05) is 47.4 Å². The number of ether oxygens (including phenoxy) is 1. The molecule has 0 spiro atoms. The molecule has 0 unspecified atom stereocenters. The fourth-order valence-electron chi connectivity index (χ4n) is 4.17. The molecular formula is C26H29ClF3N5O2S. The van der Waals surface area contributed by atoms with Crippen molar-refractivity contribution >= 4 is 35.3 Å². The zero-order chi connectivity index (χ0) is 27.7. The summed E-state index contributed by atoms with van der Waals surface area (Å²) in [5.74, 6) is 0.261. The number of rotatable bonds is 5. The summed E-state index contributed by atoms with van der Waals surface area (Å²) in [5, 5.41) is 4.75. The average Bonchev–Trinajstić information content (AvgIpc) is 3.32. The fraction of sp³-hybridized carbons (Fsp3) is 0.423. The lowest BCUT2D eigenvalue weighted by atomic mass is 10.1. The van der Waals surface area contributed by atoms with Gasteiger partial charge in [0.15, 0.2) is 0 Å². The van der Waals surface area contributed by atoms with E-state index in [-0.39, 0.29) is 34.3 Å². The first-order chi connectivity index (χ1) is 17.8. The molecule has 4 rings (SSSR count). The van der Waals surface area contributed by atoms with Crippen LogP contribution in [0.2, 0.25) is 5.02 Å². The minimum atomic E-state index is -4.48. The van der Waals surface area contributed by atoms with E-state index < -0.39 is 17.3 Å². The highest BCUT2D eigenvalue weighted by Gasteiger charge is 2.33. The number of benzene rings is 1. The zero-order valence-corrected chi connectivity index (χ0v) is 22.8. The second-order valence-electron chi connectivity index (χ2n) is 10.1. The van der Waals surface area contributed by atoms with Crippen LogP contribution in [-0.4, -0.2) is 44.4 Å². The van der Waals surface area contributed by atoms with Gasteiger partial charge in [0.1, 0.15) is 11.4 Å². The molecule has 1 amide bonds. The summed E-state index contributed by atoms with van der Waals surface area (Å²) in [7, 11) is 0. The van der Waals surface area contributed by atoms with Crippen molar-refractivity contribution in [1.82, 2.24) is 19.7 Å². The van der Waals surface area contributed by atoms with Crippen LogP contribution in [0.4, 0.5) is 23.8 Å². The molecular weight excluding hydrogens is 539 g/mol. The molecule has 3 aromatic rings. The van der Waals surface area contributed by atoms with Crippen LogP contribution >= 0.6 is 23.4 Å². The van der Waals surface area contributed by atoms with E-state index in [9.17, 15) is 18.0 Å². The van der Waals surface area contributed by atoms with Crippen LogP contribution in [0.3, 0.4) is 0 Å². The number of carbonyl (C=O) groups excluding carboxylic acids is 1. The number of nitrogen functional groups attached to an aromatic ring is 1. The largest absolute Gasteiger partial charge is 0.444 e. The Morgan fingerprint density at radius 2 is 1.87 bits per heavy atom. The molecule has 1 aliphatic rings. The summed E-state index contributed by atoms with van der Waals surface area (Å²) in [6.07, 6.45) is 1.94. The van der Waals surface area contributed by atoms with Crippen molar-refractivity contribution in [3.63, 3.8) is 0 Å². The molecule has 12 heteroatoms. The van der Waals surface area contributed by atoms with Crippen LogP contribution < -0.4 is 5.73 Å². The predicted molar refractivity (Wildman–Crippen MR) is 142 cm³/mol. The first kappa shape index (κ1) is 28.1. The number of pyridine rings is 1. The number of nitrogens with zero attached hydrogens (tertiary/aromatic N) is 4. The quantitative estimate of drug-likeness (QED) is 0.332. The van der Waals surface area contributed by atoms with Crippen LogP contribution in [0.5, 0.6) is 0 Å². The van der Waals surface area contributed by atoms with Crippen LogP contribution in [-0.2, 0) is 16.7 Å². The first-order valence-electron chi connectivity index (χ1n) is 12.1. The van der Waals surface area contributed by atoms with Crippen molar-refractivity contribution in [3.05, 3.63) is 59.0 Å². The molecule has 3 heterocycles. The van der Waals surface area contributed by atoms with Crippen molar-refractivity contribution in [1.29, 1.82) is 0 Å². The first-order valence-corrected chi connectivity index (χ1v) is 13.4. The Kier molecular flexibility index (Phi) is 8.17. The minimum Gasteiger partial charge on any atom is -0.444 e. The summed E-state index contributed by atoms with van der Waals surface area (Å²) < 4.78 is 47.6. The molecule has 7 nitrogen and oxygen atoms in total. The van der Waals surface area contributed by atoms with Crippen molar-refractivity contribution in [3.8, 4) is 11.1 Å². The third-order valence-electron chi connectivity index (χ3n) is 6.06. The van der Waals surface area contributed by atoms with Gasteiger partial charge in [-0.25, -0.2) is 9.78 Å². The van der Waals surface area contributed by atoms with E-state index in [0.717, 1.165) is 30.0 Å². The van der Waals surface area contributed by atoms with Gasteiger partial charge in [0.05, 0.1) is 22.7 Å². The summed E-state index contributed by atoms with van der Waals surface area (Å²) >= 11 is 7.12. The number of thioether (sulfide) groups is 1. The average molecular weight is 568 g/mol. The second kappa shape index (κ2) is 11.1. The molecule has 0 atom stereocenters. The highest BCUT2D eigenvalue weighted by Crippen LogP contribution is 2.38. The summed E-state index contributed by atoms with van der Waals surface area (Å²) in [4.78, 5) is 18.9. The molecule has 0 bridgehead atoms. The predicted octanol–water partition coefficient (Wildman–Crippen LogP) is 7.06. The van der Waals surface area contributed by atoms with E-state index in [0.29, 0.717) is 18.0 Å². The molecule has 1 aromatic carbocycles. The van der Waals surface area contributed by atoms with Gasteiger partial charge in [-0.15, -0.1) is 11.8 Å². The van der Waals surface area contributed by atoms with E-state index >= 15 is 0 Å². The Labute approximate surface area is 228 Å². The maximum Gasteiger partial charge on any atom is 0.416 e. The van der Waals surface area contributed by atoms with Gasteiger partial charge < -0.3 is 15.4 Å². The van der Waals surface area contributed by atoms with Crippen molar-refractivity contribution in [2.45, 2.75) is 62.1 Å². The Balaban J connectivity index is 1.44. The number of amides is 1. The highest BCUT2D eigenvalue weighted by molar-refractivity contribution is 7.98. The van der Waals surface area contributed by atoms with E-state index in [1.54, 1.807) is 23.4 Å². The molecule has 0 aliphatic carbocycles. The topological polar surface area (TPSA) is 86.3 Å². The molecule has 0 radical (unpaired) electrons. The van der Waals surface area contributed by atoms with Crippen LogP contribution in [0.15, 0.2) is 47.8 Å². The minimum absolute atomic E-state index is 0.0280. The summed E-state index contributed by atoms with van der Waals surface area (Å²) in [6.45, 7) is 6.67. The standard InChI is InChI=1S/C26H29ClF3N5O2S/c1-25(2,3)37-24(36)34-8-6-20(7-9-34)35-14-18(13-33-35)16-11-22(23(31)32-12-16)38-15-17-10-19(27)4-5-21(17)26(28,29)30/h4-5,10-14,20H,6-9,15H2,1-3H3,(H2,31,32). The lowest BCUT2D eigenvalue weighted by molar-refractivity contribution is -0.138. The fourth-order valence-corrected chi connectivity index (χ4v) is 5.32. The SMILES string of the molecule is CC(C)(C)OC(=O)N1CCC(n2cc(-c3cnc(N)c(SCc4cc(Cl)ccc4C(F)(F)F)c3)cn2)CC1. The lowest BCUT2D eigenvalue weighted by Crippen LogP contribution is -2.42. The number of anilines is 1. The number of likely N-dealkylation sites (tertiary alicyclic amines) is 1. The monoisotopic (exact) mass is 567 g/mol. The summed E-state index contributed by atoms with van der Waals surface area (Å²) in [6, 6.07) is 5.47. The van der Waals surface area contributed by atoms with Gasteiger partial charge in [0.2, 0.25) is 0 Å². The van der Waals surface area contributed by atoms with Gasteiger partial charge in [-0.05, 0) is 63.4 Å². The number of hydrogen-bond donors (Lipinski definition) is 1. The molecule has 2 N–H and O–H groups in total. The van der Waals surface area contributed by atoms with Gasteiger partial charge >= 0.3 is 12.3 Å². The Hall–Kier alpha value is -2.92. The second-order valence-corrected chi connectivity index (χ2v) is 11.6. The number of piperidine rings is 1. The number of halogens is 4. The number of hydrogen-bond acceptors (Lipinski definition) is 6. The van der Waals surface area contributed by atoms with Gasteiger partial charge in [-0.1, -0.05) is 11.6 Å². The molecule has 0 saturated carbocycles. The van der Waals surface area contributed by atoms with Gasteiger partial charge in [0.25, 0.3) is 0 Å². The molecule has 1 saturated heterocycles. The van der Waals surface area contributed by atoms with Crippen molar-refractivity contribution in [2.24, 2.45) is 0 Å². The molecule has 38 heavy (non-hydrogen) atoms. The van der Waals surface area contributed by atoms with E-state index in [2.05, 4.69) is 10.1 Å². The summed E-state index contributed by atoms with van der Waals surface area (Å²) in [5.41, 5.74) is 6.41. The number of alkyl halides is 3. The molecule has 2 aromatic heterocycles. The normalized spacial score (nSPS) is 15.1. The molecule has 1 aliphatic heterocycles. The molecule has 1 fully saturated rings. The van der Waals surface area contributed by atoms with Crippen LogP contribution in [0.25, 0.3) is 11.1 Å². The third kappa shape index (κ3) is 6.93. The Morgan fingerprint density at radius 1 is 1.16 bits per heavy atom. The van der Waals surface area contributed by atoms with E-state index in [4.69, 9.17) is 22.1 Å². The third-order valence-corrected chi connectivity index (χ3v) is 7.39. The van der Waals surface area contributed by atoms with Gasteiger partial charge in [-0.2, -0.15) is 18.3 Å². The van der Waals surface area contributed by atoms with E-state index in [1.165, 1.54) is 23.9 Å².